The highest BCUT2D eigenvalue weighted by atomic mass is 32.2. The zero-order chi connectivity index (χ0) is 23.5. The van der Waals surface area contributed by atoms with Crippen molar-refractivity contribution in [3.05, 3.63) is 0 Å². The van der Waals surface area contributed by atoms with Crippen LogP contribution < -0.4 is 0 Å². The lowest BCUT2D eigenvalue weighted by Crippen LogP contribution is -2.67. The quantitative estimate of drug-likeness (QED) is 0.352. The van der Waals surface area contributed by atoms with Gasteiger partial charge >= 0.3 is 39.2 Å². The van der Waals surface area contributed by atoms with Gasteiger partial charge in [0.15, 0.2) is 6.61 Å². The Hall–Kier alpha value is -1.57. The average molecular weight is 482 g/mol. The van der Waals surface area contributed by atoms with E-state index in [0.717, 1.165) is 38.5 Å². The molecule has 0 aromatic heterocycles. The fourth-order valence-corrected chi connectivity index (χ4v) is 6.61. The van der Waals surface area contributed by atoms with Crippen molar-refractivity contribution in [2.75, 3.05) is 13.2 Å². The summed E-state index contributed by atoms with van der Waals surface area (Å²) < 4.78 is 111. The first-order valence-corrected chi connectivity index (χ1v) is 10.9. The second-order valence-electron chi connectivity index (χ2n) is 8.81. The monoisotopic (exact) mass is 482 g/mol. The topological polar surface area (TPSA) is 107 Å². The highest BCUT2D eigenvalue weighted by molar-refractivity contribution is 7.88. The maximum absolute atomic E-state index is 13.0. The molecular weight excluding hydrogens is 462 g/mol. The number of hydrogen-bond acceptors (Lipinski definition) is 6. The molecule has 4 fully saturated rings. The van der Waals surface area contributed by atoms with Gasteiger partial charge in [0.05, 0.1) is 6.61 Å². The Kier molecular flexibility index (Phi) is 5.82. The minimum absolute atomic E-state index is 0.116. The van der Waals surface area contributed by atoms with Gasteiger partial charge in [0.2, 0.25) is 0 Å². The molecule has 178 valence electrons. The second kappa shape index (κ2) is 7.49. The van der Waals surface area contributed by atoms with Crippen molar-refractivity contribution in [2.45, 2.75) is 55.6 Å². The van der Waals surface area contributed by atoms with Crippen molar-refractivity contribution < 1.29 is 58.4 Å². The van der Waals surface area contributed by atoms with Gasteiger partial charge in [0.1, 0.15) is 0 Å². The van der Waals surface area contributed by atoms with E-state index >= 15 is 0 Å². The average Bonchev–Trinajstić information content (AvgIpc) is 2.53. The molecule has 7 nitrogen and oxygen atoms in total. The number of rotatable bonds is 6. The molecule has 0 amide bonds. The summed E-state index contributed by atoms with van der Waals surface area (Å²) in [6, 6.07) is 0. The summed E-state index contributed by atoms with van der Waals surface area (Å²) in [7, 11) is -7.11. The molecule has 0 aromatic rings. The third-order valence-electron chi connectivity index (χ3n) is 6.50. The summed E-state index contributed by atoms with van der Waals surface area (Å²) in [5, 5.41) is 0. The van der Waals surface area contributed by atoms with Crippen LogP contribution in [0.2, 0.25) is 0 Å². The van der Waals surface area contributed by atoms with E-state index in [4.69, 9.17) is 9.29 Å². The summed E-state index contributed by atoms with van der Waals surface area (Å²) >= 11 is 0. The molecule has 0 saturated heterocycles. The van der Waals surface area contributed by atoms with Gasteiger partial charge in [-0.3, -0.25) is 4.55 Å². The smallest absolute Gasteiger partial charge is 0.430 e. The van der Waals surface area contributed by atoms with Crippen molar-refractivity contribution in [3.63, 3.8) is 0 Å². The van der Waals surface area contributed by atoms with Gasteiger partial charge < -0.3 is 9.47 Å². The van der Waals surface area contributed by atoms with Gasteiger partial charge in [0, 0.05) is 5.41 Å². The molecule has 0 atom stereocenters. The zero-order valence-electron chi connectivity index (χ0n) is 16.0. The van der Waals surface area contributed by atoms with Crippen LogP contribution in [0.25, 0.3) is 0 Å². The summed E-state index contributed by atoms with van der Waals surface area (Å²) in [6.45, 7) is -1.79. The Morgan fingerprint density at radius 2 is 1.29 bits per heavy atom. The summed E-state index contributed by atoms with van der Waals surface area (Å²) in [4.78, 5) is 23.5. The summed E-state index contributed by atoms with van der Waals surface area (Å²) in [6.07, 6.45) is -8.00. The van der Waals surface area contributed by atoms with E-state index in [0.29, 0.717) is 17.8 Å². The van der Waals surface area contributed by atoms with E-state index in [9.17, 15) is 44.3 Å². The standard InChI is InChI=1S/C17H20F6O7S/c18-16(19,20)15(17(21,22)23,31(26,27)28)13(25)29-7-12(24)30-8-14-4-9-1-10(5-14)3-11(2-9)6-14/h9-11H,1-8H2,(H,26,27,28). The highest BCUT2D eigenvalue weighted by Gasteiger charge is 2.84. The Morgan fingerprint density at radius 1 is 0.871 bits per heavy atom. The van der Waals surface area contributed by atoms with Gasteiger partial charge in [-0.1, -0.05) is 0 Å². The molecule has 0 heterocycles. The van der Waals surface area contributed by atoms with Gasteiger partial charge in [0.25, 0.3) is 0 Å². The van der Waals surface area contributed by atoms with Crippen molar-refractivity contribution in [1.29, 1.82) is 0 Å². The van der Waals surface area contributed by atoms with Crippen LogP contribution in [-0.2, 0) is 29.2 Å². The SMILES string of the molecule is O=C(COC(=O)C(C(F)(F)F)(C(F)(F)F)S(=O)(=O)O)OCC12CC3CC(CC(C3)C1)C2. The van der Waals surface area contributed by atoms with E-state index in [-0.39, 0.29) is 12.0 Å². The molecule has 0 spiro atoms. The van der Waals surface area contributed by atoms with Crippen LogP contribution >= 0.6 is 0 Å². The predicted molar refractivity (Wildman–Crippen MR) is 88.9 cm³/mol. The van der Waals surface area contributed by atoms with Gasteiger partial charge in [-0.05, 0) is 56.3 Å². The molecule has 4 bridgehead atoms. The lowest BCUT2D eigenvalue weighted by Gasteiger charge is -2.56. The van der Waals surface area contributed by atoms with Crippen molar-refractivity contribution in [3.8, 4) is 0 Å². The van der Waals surface area contributed by atoms with E-state index in [1.54, 1.807) is 0 Å². The molecule has 0 aliphatic heterocycles. The number of alkyl halides is 6. The fraction of sp³-hybridized carbons (Fsp3) is 0.882. The summed E-state index contributed by atoms with van der Waals surface area (Å²) in [5.41, 5.74) is -0.315. The third-order valence-corrected chi connectivity index (χ3v) is 7.90. The van der Waals surface area contributed by atoms with E-state index < -0.39 is 45.8 Å². The molecular formula is C17H20F6O7S. The molecule has 14 heteroatoms. The van der Waals surface area contributed by atoms with Gasteiger partial charge in [-0.15, -0.1) is 0 Å². The van der Waals surface area contributed by atoms with Crippen LogP contribution in [0.15, 0.2) is 0 Å². The van der Waals surface area contributed by atoms with Crippen LogP contribution in [-0.4, -0.2) is 55.2 Å². The molecule has 1 N–H and O–H groups in total. The minimum atomic E-state index is -7.11. The van der Waals surface area contributed by atoms with Crippen LogP contribution in [0.3, 0.4) is 0 Å². The molecule has 4 rings (SSSR count). The number of halogens is 6. The van der Waals surface area contributed by atoms with Gasteiger partial charge in [-0.2, -0.15) is 34.8 Å². The first-order valence-electron chi connectivity index (χ1n) is 9.44. The molecule has 4 aliphatic carbocycles. The predicted octanol–water partition coefficient (Wildman–Crippen LogP) is 3.04. The molecule has 0 unspecified atom stereocenters. The molecule has 4 saturated carbocycles. The number of carbonyl (C=O) groups excluding carboxylic acids is 2. The largest absolute Gasteiger partial charge is 0.463 e. The number of esters is 2. The summed E-state index contributed by atoms with van der Waals surface area (Å²) in [5.74, 6) is -3.36. The molecule has 4 aliphatic rings. The maximum Gasteiger partial charge on any atom is 0.430 e. The van der Waals surface area contributed by atoms with E-state index in [1.165, 1.54) is 0 Å². The molecule has 31 heavy (non-hydrogen) atoms. The minimum Gasteiger partial charge on any atom is -0.463 e. The maximum atomic E-state index is 13.0. The zero-order valence-corrected chi connectivity index (χ0v) is 16.8. The van der Waals surface area contributed by atoms with Crippen LogP contribution in [0.1, 0.15) is 38.5 Å². The Balaban J connectivity index is 1.65. The van der Waals surface area contributed by atoms with Crippen LogP contribution in [0.5, 0.6) is 0 Å². The van der Waals surface area contributed by atoms with Crippen molar-refractivity contribution in [2.24, 2.45) is 23.2 Å². The highest BCUT2D eigenvalue weighted by Crippen LogP contribution is 2.60. The van der Waals surface area contributed by atoms with Crippen LogP contribution in [0, 0.1) is 23.2 Å². The normalized spacial score (nSPS) is 30.9. The van der Waals surface area contributed by atoms with Gasteiger partial charge in [-0.25, -0.2) is 9.59 Å². The van der Waals surface area contributed by atoms with E-state index in [1.807, 2.05) is 0 Å². The Bertz CT molecular complexity index is 799. The fourth-order valence-electron chi connectivity index (χ4n) is 5.76. The lowest BCUT2D eigenvalue weighted by atomic mass is 9.50. The van der Waals surface area contributed by atoms with E-state index in [2.05, 4.69) is 4.74 Å². The first-order chi connectivity index (χ1) is 14.0. The second-order valence-corrected chi connectivity index (χ2v) is 10.4. The Labute approximate surface area is 173 Å². The van der Waals surface area contributed by atoms with Crippen LogP contribution in [0.4, 0.5) is 26.3 Å². The number of carbonyl (C=O) groups is 2. The third kappa shape index (κ3) is 4.12. The number of ether oxygens (including phenoxy) is 2. The Morgan fingerprint density at radius 3 is 1.65 bits per heavy atom. The van der Waals surface area contributed by atoms with Crippen molar-refractivity contribution >= 4 is 22.1 Å². The molecule has 0 radical (unpaired) electrons. The molecule has 0 aromatic carbocycles. The lowest BCUT2D eigenvalue weighted by molar-refractivity contribution is -0.268. The van der Waals surface area contributed by atoms with Crippen molar-refractivity contribution in [1.82, 2.24) is 0 Å². The number of hydrogen-bond donors (Lipinski definition) is 1. The first kappa shape index (κ1) is 24.1.